The summed E-state index contributed by atoms with van der Waals surface area (Å²) >= 11 is 0. The Balaban J connectivity index is 1.78. The highest BCUT2D eigenvalue weighted by atomic mass is 15.0. The molecule has 0 unspecified atom stereocenters. The van der Waals surface area contributed by atoms with Crippen molar-refractivity contribution in [3.05, 3.63) is 84.2 Å². The van der Waals surface area contributed by atoms with Gasteiger partial charge in [0.05, 0.1) is 11.2 Å². The molecule has 0 radical (unpaired) electrons. The van der Waals surface area contributed by atoms with E-state index in [1.165, 1.54) is 49.3 Å². The number of hydrogen-bond donors (Lipinski definition) is 0. The Bertz CT molecular complexity index is 1650. The minimum atomic E-state index is 0.431. The second-order valence-corrected chi connectivity index (χ2v) is 9.84. The summed E-state index contributed by atoms with van der Waals surface area (Å²) in [6.07, 6.45) is 4.39. The molecule has 164 valence electrons. The summed E-state index contributed by atoms with van der Waals surface area (Å²) in [5, 5.41) is 4.96. The van der Waals surface area contributed by atoms with Gasteiger partial charge in [-0.3, -0.25) is 4.40 Å². The molecule has 3 aromatic carbocycles. The van der Waals surface area contributed by atoms with Gasteiger partial charge in [-0.1, -0.05) is 70.2 Å². The molecule has 0 aliphatic heterocycles. The third-order valence-corrected chi connectivity index (χ3v) is 7.06. The van der Waals surface area contributed by atoms with E-state index in [-0.39, 0.29) is 0 Å². The zero-order valence-corrected chi connectivity index (χ0v) is 19.9. The Labute approximate surface area is 194 Å². The Kier molecular flexibility index (Phi) is 4.38. The van der Waals surface area contributed by atoms with E-state index in [0.717, 1.165) is 11.3 Å². The van der Waals surface area contributed by atoms with Gasteiger partial charge in [0.15, 0.2) is 0 Å². The van der Waals surface area contributed by atoms with E-state index in [0.29, 0.717) is 11.8 Å². The topological polar surface area (TPSA) is 22.2 Å². The fourth-order valence-corrected chi connectivity index (χ4v) is 5.35. The molecule has 6 aromatic rings. The highest BCUT2D eigenvalue weighted by Gasteiger charge is 2.20. The van der Waals surface area contributed by atoms with E-state index in [1.54, 1.807) is 0 Å². The van der Waals surface area contributed by atoms with Crippen LogP contribution in [0.5, 0.6) is 0 Å². The maximum atomic E-state index is 5.29. The van der Waals surface area contributed by atoms with Gasteiger partial charge in [-0.2, -0.15) is 0 Å². The highest BCUT2D eigenvalue weighted by Crippen LogP contribution is 2.38. The molecule has 0 atom stereocenters. The number of pyridine rings is 1. The van der Waals surface area contributed by atoms with Gasteiger partial charge >= 0.3 is 0 Å². The van der Waals surface area contributed by atoms with Crippen LogP contribution in [0.2, 0.25) is 0 Å². The number of imidazole rings is 1. The molecule has 0 N–H and O–H groups in total. The van der Waals surface area contributed by atoms with Crippen LogP contribution in [0.25, 0.3) is 49.5 Å². The third-order valence-electron chi connectivity index (χ3n) is 7.06. The number of hydrogen-bond acceptors (Lipinski definition) is 1. The number of aromatic nitrogens is 3. The number of aryl methyl sites for hydroxylation is 1. The molecule has 0 aliphatic rings. The van der Waals surface area contributed by atoms with Gasteiger partial charge < -0.3 is 4.57 Å². The molecule has 0 bridgehead atoms. The molecule has 0 spiro atoms. The van der Waals surface area contributed by atoms with Gasteiger partial charge in [-0.05, 0) is 46.5 Å². The minimum absolute atomic E-state index is 0.431. The van der Waals surface area contributed by atoms with E-state index in [9.17, 15) is 0 Å². The van der Waals surface area contributed by atoms with E-state index < -0.39 is 0 Å². The highest BCUT2D eigenvalue weighted by molar-refractivity contribution is 6.15. The van der Waals surface area contributed by atoms with Crippen molar-refractivity contribution in [2.75, 3.05) is 0 Å². The number of benzene rings is 3. The predicted molar refractivity (Wildman–Crippen MR) is 140 cm³/mol. The molecule has 0 saturated heterocycles. The van der Waals surface area contributed by atoms with Gasteiger partial charge in [0.25, 0.3) is 0 Å². The van der Waals surface area contributed by atoms with Crippen LogP contribution >= 0.6 is 0 Å². The van der Waals surface area contributed by atoms with Gasteiger partial charge in [0, 0.05) is 46.7 Å². The first-order valence-electron chi connectivity index (χ1n) is 11.9. The van der Waals surface area contributed by atoms with Crippen LogP contribution in [0.3, 0.4) is 0 Å². The van der Waals surface area contributed by atoms with Gasteiger partial charge in [0.1, 0.15) is 5.65 Å². The molecule has 6 rings (SSSR count). The largest absolute Gasteiger partial charge is 0.351 e. The monoisotopic (exact) mass is 431 g/mol. The summed E-state index contributed by atoms with van der Waals surface area (Å²) in [7, 11) is 2.11. The van der Waals surface area contributed by atoms with Crippen molar-refractivity contribution in [2.24, 2.45) is 7.05 Å². The summed E-state index contributed by atoms with van der Waals surface area (Å²) in [6, 6.07) is 22.2. The molecule has 3 nitrogen and oxygen atoms in total. The quantitative estimate of drug-likeness (QED) is 0.260. The Morgan fingerprint density at radius 1 is 0.727 bits per heavy atom. The Morgan fingerprint density at radius 3 is 2.12 bits per heavy atom. The molecular formula is C30H29N3. The fourth-order valence-electron chi connectivity index (χ4n) is 5.35. The zero-order chi connectivity index (χ0) is 22.9. The normalized spacial score (nSPS) is 12.3. The molecule has 33 heavy (non-hydrogen) atoms. The van der Waals surface area contributed by atoms with Crippen molar-refractivity contribution < 1.29 is 0 Å². The molecule has 3 heterocycles. The van der Waals surface area contributed by atoms with Crippen molar-refractivity contribution in [3.8, 4) is 11.3 Å². The molecule has 0 saturated carbocycles. The fraction of sp³-hybridized carbons (Fsp3) is 0.233. The number of rotatable bonds is 3. The first-order chi connectivity index (χ1) is 15.9. The summed E-state index contributed by atoms with van der Waals surface area (Å²) < 4.78 is 4.50. The molecule has 0 fully saturated rings. The average Bonchev–Trinajstić information content (AvgIpc) is 3.42. The standard InChI is InChI=1S/C30H29N3/c1-18(2)21-11-8-12-22(19(3)4)29(21)26-17-33-28-15-20-13-14-32(5)27(20)16-25(28)23-9-6-7-10-24(23)30(33)31-26/h6-19H,1-5H3. The smallest absolute Gasteiger partial charge is 0.145 e. The van der Waals surface area contributed by atoms with Crippen molar-refractivity contribution in [1.82, 2.24) is 14.0 Å². The van der Waals surface area contributed by atoms with Gasteiger partial charge in [-0.25, -0.2) is 4.98 Å². The van der Waals surface area contributed by atoms with Gasteiger partial charge in [-0.15, -0.1) is 0 Å². The summed E-state index contributed by atoms with van der Waals surface area (Å²) in [5.74, 6) is 0.863. The van der Waals surface area contributed by atoms with Crippen LogP contribution in [0.15, 0.2) is 73.1 Å². The van der Waals surface area contributed by atoms with Crippen LogP contribution in [-0.4, -0.2) is 14.0 Å². The van der Waals surface area contributed by atoms with Crippen molar-refractivity contribution in [2.45, 2.75) is 39.5 Å². The lowest BCUT2D eigenvalue weighted by Gasteiger charge is -2.18. The average molecular weight is 432 g/mol. The second-order valence-electron chi connectivity index (χ2n) is 9.84. The summed E-state index contributed by atoms with van der Waals surface area (Å²) in [6.45, 7) is 9.09. The molecule has 3 heteroatoms. The molecule has 0 aliphatic carbocycles. The number of fused-ring (bicyclic) bond motifs is 7. The van der Waals surface area contributed by atoms with Crippen LogP contribution in [0.4, 0.5) is 0 Å². The van der Waals surface area contributed by atoms with Crippen molar-refractivity contribution in [1.29, 1.82) is 0 Å². The van der Waals surface area contributed by atoms with Crippen LogP contribution in [0, 0.1) is 0 Å². The van der Waals surface area contributed by atoms with Crippen LogP contribution in [0.1, 0.15) is 50.7 Å². The lowest BCUT2D eigenvalue weighted by Crippen LogP contribution is -1.99. The zero-order valence-electron chi connectivity index (χ0n) is 19.9. The first kappa shape index (κ1) is 20.0. The number of nitrogens with zero attached hydrogens (tertiary/aromatic N) is 3. The van der Waals surface area contributed by atoms with Crippen LogP contribution < -0.4 is 0 Å². The molecular weight excluding hydrogens is 402 g/mol. The SMILES string of the molecule is CC(C)c1cccc(C(C)C)c1-c1cn2c3cc4ccn(C)c4cc3c3ccccc3c2n1. The van der Waals surface area contributed by atoms with Crippen LogP contribution in [-0.2, 0) is 7.05 Å². The summed E-state index contributed by atoms with van der Waals surface area (Å²) in [4.78, 5) is 5.29. The Morgan fingerprint density at radius 2 is 1.42 bits per heavy atom. The lowest BCUT2D eigenvalue weighted by atomic mass is 9.87. The predicted octanol–water partition coefficient (Wildman–Crippen LogP) is 8.05. The maximum Gasteiger partial charge on any atom is 0.145 e. The van der Waals surface area contributed by atoms with E-state index >= 15 is 0 Å². The first-order valence-corrected chi connectivity index (χ1v) is 11.9. The lowest BCUT2D eigenvalue weighted by molar-refractivity contribution is 0.837. The van der Waals surface area contributed by atoms with E-state index in [2.05, 4.69) is 117 Å². The Hall–Kier alpha value is -3.59. The third kappa shape index (κ3) is 2.92. The summed E-state index contributed by atoms with van der Waals surface area (Å²) in [5.41, 5.74) is 8.57. The van der Waals surface area contributed by atoms with Crippen molar-refractivity contribution in [3.63, 3.8) is 0 Å². The molecule has 0 amide bonds. The second kappa shape index (κ2) is 7.21. The van der Waals surface area contributed by atoms with E-state index in [1.807, 2.05) is 0 Å². The van der Waals surface area contributed by atoms with E-state index in [4.69, 9.17) is 4.98 Å². The maximum absolute atomic E-state index is 5.29. The molecule has 3 aromatic heterocycles. The minimum Gasteiger partial charge on any atom is -0.351 e. The van der Waals surface area contributed by atoms with Crippen molar-refractivity contribution >= 4 is 38.2 Å². The van der Waals surface area contributed by atoms with Gasteiger partial charge in [0.2, 0.25) is 0 Å².